The Morgan fingerprint density at radius 1 is 1.35 bits per heavy atom. The first-order valence-electron chi connectivity index (χ1n) is 8.71. The van der Waals surface area contributed by atoms with E-state index < -0.39 is 5.60 Å². The fourth-order valence-corrected chi connectivity index (χ4v) is 3.48. The zero-order chi connectivity index (χ0) is 18.7. The van der Waals surface area contributed by atoms with Gasteiger partial charge in [0.2, 0.25) is 0 Å². The third-order valence-electron chi connectivity index (χ3n) is 4.53. The normalized spacial score (nSPS) is 20.4. The summed E-state index contributed by atoms with van der Waals surface area (Å²) >= 11 is 0. The molecule has 1 atom stereocenters. The summed E-state index contributed by atoms with van der Waals surface area (Å²) in [5.74, 6) is 0.279. The van der Waals surface area contributed by atoms with Crippen LogP contribution in [0.4, 0.5) is 5.82 Å². The van der Waals surface area contributed by atoms with Crippen molar-refractivity contribution in [2.45, 2.75) is 18.4 Å². The van der Waals surface area contributed by atoms with E-state index in [0.717, 1.165) is 12.0 Å². The number of anilines is 1. The summed E-state index contributed by atoms with van der Waals surface area (Å²) < 4.78 is 0. The molecule has 1 fully saturated rings. The number of benzene rings is 1. The highest BCUT2D eigenvalue weighted by Crippen LogP contribution is 2.24. The number of β-amino-alcohol motifs (C(OH)–C–C–N with tert-alkyl or cyclic N) is 1. The molecule has 1 amide bonds. The van der Waals surface area contributed by atoms with E-state index in [4.69, 9.17) is 5.73 Å². The second kappa shape index (κ2) is 7.39. The Morgan fingerprint density at radius 2 is 2.15 bits per heavy atom. The second-order valence-electron chi connectivity index (χ2n) is 7.20. The van der Waals surface area contributed by atoms with Crippen LogP contribution < -0.4 is 5.73 Å². The minimum atomic E-state index is -0.864. The number of likely N-dealkylation sites (N-methyl/N-ethyl adjacent to an activating group) is 1. The summed E-state index contributed by atoms with van der Waals surface area (Å²) in [5, 5.41) is 10.8. The van der Waals surface area contributed by atoms with Gasteiger partial charge in [0.05, 0.1) is 30.2 Å². The molecule has 7 heteroatoms. The van der Waals surface area contributed by atoms with Crippen molar-refractivity contribution in [3.8, 4) is 11.3 Å². The van der Waals surface area contributed by atoms with Crippen LogP contribution in [0, 0.1) is 0 Å². The predicted molar refractivity (Wildman–Crippen MR) is 101 cm³/mol. The maximum Gasteiger partial charge on any atom is 0.253 e. The van der Waals surface area contributed by atoms with E-state index in [1.807, 2.05) is 37.2 Å². The standard InChI is InChI=1S/C19H25N5O2/c1-23(2)12-19(26)7-4-8-24(13-19)18(25)15-6-3-5-14(9-15)16-10-22-17(20)11-21-16/h3,5-6,9-11,26H,4,7-8,12-13H2,1-2H3,(H2,20,22)/t19-/m1/s1. The van der Waals surface area contributed by atoms with Gasteiger partial charge in [-0.25, -0.2) is 4.98 Å². The van der Waals surface area contributed by atoms with E-state index in [1.54, 1.807) is 17.2 Å². The Bertz CT molecular complexity index is 778. The molecular formula is C19H25N5O2. The van der Waals surface area contributed by atoms with E-state index in [1.165, 1.54) is 6.20 Å². The van der Waals surface area contributed by atoms with Crippen molar-refractivity contribution in [1.29, 1.82) is 0 Å². The maximum atomic E-state index is 13.0. The van der Waals surface area contributed by atoms with Gasteiger partial charge in [-0.2, -0.15) is 0 Å². The van der Waals surface area contributed by atoms with Crippen molar-refractivity contribution >= 4 is 11.7 Å². The number of aromatic nitrogens is 2. The number of carbonyl (C=O) groups is 1. The van der Waals surface area contributed by atoms with Gasteiger partial charge in [-0.1, -0.05) is 12.1 Å². The summed E-state index contributed by atoms with van der Waals surface area (Å²) in [6.07, 6.45) is 4.58. The molecule has 0 aliphatic carbocycles. The average Bonchev–Trinajstić information content (AvgIpc) is 2.61. The number of aliphatic hydroxyl groups is 1. The van der Waals surface area contributed by atoms with Gasteiger partial charge in [-0.15, -0.1) is 0 Å². The van der Waals surface area contributed by atoms with Gasteiger partial charge < -0.3 is 20.6 Å². The lowest BCUT2D eigenvalue weighted by molar-refractivity contribution is -0.0391. The van der Waals surface area contributed by atoms with Crippen LogP contribution in [0.2, 0.25) is 0 Å². The third-order valence-corrected chi connectivity index (χ3v) is 4.53. The molecule has 3 rings (SSSR count). The first kappa shape index (κ1) is 18.3. The van der Waals surface area contributed by atoms with Crippen LogP contribution in [0.5, 0.6) is 0 Å². The minimum Gasteiger partial charge on any atom is -0.387 e. The highest BCUT2D eigenvalue weighted by atomic mass is 16.3. The number of hydrogen-bond donors (Lipinski definition) is 2. The van der Waals surface area contributed by atoms with Crippen LogP contribution >= 0.6 is 0 Å². The van der Waals surface area contributed by atoms with Crippen LogP contribution in [0.1, 0.15) is 23.2 Å². The molecule has 1 aromatic heterocycles. The second-order valence-corrected chi connectivity index (χ2v) is 7.20. The largest absolute Gasteiger partial charge is 0.387 e. The highest BCUT2D eigenvalue weighted by Gasteiger charge is 2.35. The molecule has 7 nitrogen and oxygen atoms in total. The Morgan fingerprint density at radius 3 is 2.85 bits per heavy atom. The molecule has 1 aliphatic rings. The van der Waals surface area contributed by atoms with E-state index in [0.29, 0.717) is 43.1 Å². The Kier molecular flexibility index (Phi) is 5.20. The smallest absolute Gasteiger partial charge is 0.253 e. The summed E-state index contributed by atoms with van der Waals surface area (Å²) in [5.41, 5.74) is 6.77. The number of likely N-dealkylation sites (tertiary alicyclic amines) is 1. The molecule has 1 saturated heterocycles. The van der Waals surface area contributed by atoms with Crippen molar-refractivity contribution in [2.75, 3.05) is 39.5 Å². The zero-order valence-corrected chi connectivity index (χ0v) is 15.2. The molecule has 0 spiro atoms. The van der Waals surface area contributed by atoms with Gasteiger partial charge in [-0.3, -0.25) is 9.78 Å². The molecule has 138 valence electrons. The number of hydrogen-bond acceptors (Lipinski definition) is 6. The third kappa shape index (κ3) is 4.17. The summed E-state index contributed by atoms with van der Waals surface area (Å²) in [6.45, 7) is 1.54. The summed E-state index contributed by atoms with van der Waals surface area (Å²) in [4.78, 5) is 25.0. The number of piperidine rings is 1. The maximum absolute atomic E-state index is 13.0. The van der Waals surface area contributed by atoms with Gasteiger partial charge in [0, 0.05) is 24.2 Å². The fourth-order valence-electron chi connectivity index (χ4n) is 3.48. The van der Waals surface area contributed by atoms with Crippen LogP contribution in [-0.4, -0.2) is 70.1 Å². The molecule has 3 N–H and O–H groups in total. The van der Waals surface area contributed by atoms with Crippen LogP contribution in [0.25, 0.3) is 11.3 Å². The van der Waals surface area contributed by atoms with Gasteiger partial charge in [0.15, 0.2) is 0 Å². The number of nitrogen functional groups attached to an aromatic ring is 1. The average molecular weight is 355 g/mol. The number of rotatable bonds is 4. The van der Waals surface area contributed by atoms with E-state index in [2.05, 4.69) is 9.97 Å². The lowest BCUT2D eigenvalue weighted by Crippen LogP contribution is -2.54. The lowest BCUT2D eigenvalue weighted by Gasteiger charge is -2.40. The Labute approximate surface area is 153 Å². The predicted octanol–water partition coefficient (Wildman–Crippen LogP) is 1.25. The zero-order valence-electron chi connectivity index (χ0n) is 15.2. The van der Waals surface area contributed by atoms with Gasteiger partial charge in [-0.05, 0) is 39.1 Å². The number of nitrogens with two attached hydrogens (primary N) is 1. The quantitative estimate of drug-likeness (QED) is 0.857. The molecule has 0 radical (unpaired) electrons. The molecule has 2 heterocycles. The van der Waals surface area contributed by atoms with Crippen LogP contribution in [0.3, 0.4) is 0 Å². The first-order valence-corrected chi connectivity index (χ1v) is 8.71. The van der Waals surface area contributed by atoms with Gasteiger partial charge in [0.1, 0.15) is 5.82 Å². The first-order chi connectivity index (χ1) is 12.4. The van der Waals surface area contributed by atoms with Gasteiger partial charge in [0.25, 0.3) is 5.91 Å². The van der Waals surface area contributed by atoms with Gasteiger partial charge >= 0.3 is 0 Å². The SMILES string of the molecule is CN(C)C[C@]1(O)CCCN(C(=O)c2cccc(-c3cnc(N)cn3)c2)C1. The topological polar surface area (TPSA) is 95.6 Å². The van der Waals surface area contributed by atoms with Crippen molar-refractivity contribution in [3.63, 3.8) is 0 Å². The van der Waals surface area contributed by atoms with Crippen molar-refractivity contribution in [1.82, 2.24) is 19.8 Å². The molecule has 26 heavy (non-hydrogen) atoms. The van der Waals surface area contributed by atoms with E-state index in [-0.39, 0.29) is 5.91 Å². The van der Waals surface area contributed by atoms with E-state index >= 15 is 0 Å². The number of carbonyl (C=O) groups excluding carboxylic acids is 1. The Balaban J connectivity index is 1.79. The summed E-state index contributed by atoms with van der Waals surface area (Å²) in [6, 6.07) is 7.31. The van der Waals surface area contributed by atoms with Crippen molar-refractivity contribution < 1.29 is 9.90 Å². The molecule has 2 aromatic rings. The molecule has 1 aromatic carbocycles. The van der Waals surface area contributed by atoms with E-state index in [9.17, 15) is 9.90 Å². The molecular weight excluding hydrogens is 330 g/mol. The molecule has 0 bridgehead atoms. The van der Waals surface area contributed by atoms with Crippen LogP contribution in [-0.2, 0) is 0 Å². The lowest BCUT2D eigenvalue weighted by atomic mass is 9.92. The fraction of sp³-hybridized carbons (Fsp3) is 0.421. The number of amides is 1. The molecule has 0 saturated carbocycles. The molecule has 1 aliphatic heterocycles. The molecule has 0 unspecified atom stereocenters. The minimum absolute atomic E-state index is 0.0767. The van der Waals surface area contributed by atoms with Crippen molar-refractivity contribution in [2.24, 2.45) is 0 Å². The monoisotopic (exact) mass is 355 g/mol. The van der Waals surface area contributed by atoms with Crippen molar-refractivity contribution in [3.05, 3.63) is 42.2 Å². The Hall–Kier alpha value is -2.51. The number of nitrogens with zero attached hydrogens (tertiary/aromatic N) is 4. The highest BCUT2D eigenvalue weighted by molar-refractivity contribution is 5.95. The summed E-state index contributed by atoms with van der Waals surface area (Å²) in [7, 11) is 3.85. The van der Waals surface area contributed by atoms with Crippen LogP contribution in [0.15, 0.2) is 36.7 Å².